The largest absolute Gasteiger partial charge is 0.495 e. The zero-order valence-electron chi connectivity index (χ0n) is 11.3. The second-order valence-electron chi connectivity index (χ2n) is 4.00. The van der Waals surface area contributed by atoms with Crippen LogP contribution in [0.25, 0.3) is 0 Å². The molecule has 2 N–H and O–H groups in total. The van der Waals surface area contributed by atoms with Crippen LogP contribution in [0.4, 0.5) is 19.3 Å². The van der Waals surface area contributed by atoms with Crippen LogP contribution in [-0.4, -0.2) is 23.3 Å². The highest BCUT2D eigenvalue weighted by Crippen LogP contribution is 2.27. The average Bonchev–Trinajstić information content (AvgIpc) is 2.94. The highest BCUT2D eigenvalue weighted by molar-refractivity contribution is 6.31. The van der Waals surface area contributed by atoms with E-state index in [4.69, 9.17) is 16.3 Å². The molecule has 0 saturated heterocycles. The molecule has 0 aliphatic heterocycles. The molecule has 0 fully saturated rings. The van der Waals surface area contributed by atoms with E-state index < -0.39 is 18.3 Å². The number of carbonyl (C=O) groups is 1. The molecular weight excluding hydrogens is 322 g/mol. The smallest absolute Gasteiger partial charge is 0.319 e. The van der Waals surface area contributed by atoms with E-state index in [9.17, 15) is 13.6 Å². The van der Waals surface area contributed by atoms with Gasteiger partial charge in [0.1, 0.15) is 5.75 Å². The lowest BCUT2D eigenvalue weighted by Crippen LogP contribution is -2.28. The topological polar surface area (TPSA) is 89.3 Å². The fourth-order valence-electron chi connectivity index (χ4n) is 1.53. The molecule has 2 aromatic rings. The van der Waals surface area contributed by atoms with Gasteiger partial charge in [0.25, 0.3) is 0 Å². The molecule has 0 spiro atoms. The van der Waals surface area contributed by atoms with Crippen LogP contribution in [0.2, 0.25) is 5.02 Å². The van der Waals surface area contributed by atoms with Gasteiger partial charge >= 0.3 is 12.5 Å². The average molecular weight is 333 g/mol. The number of alkyl halides is 2. The van der Waals surface area contributed by atoms with Gasteiger partial charge in [-0.05, 0) is 18.2 Å². The van der Waals surface area contributed by atoms with Gasteiger partial charge in [0.2, 0.25) is 11.7 Å². The van der Waals surface area contributed by atoms with Crippen LogP contribution in [0.3, 0.4) is 0 Å². The highest BCUT2D eigenvalue weighted by Gasteiger charge is 2.16. The summed E-state index contributed by atoms with van der Waals surface area (Å²) >= 11 is 5.83. The van der Waals surface area contributed by atoms with Crippen molar-refractivity contribution >= 4 is 23.3 Å². The second-order valence-corrected chi connectivity index (χ2v) is 4.44. The summed E-state index contributed by atoms with van der Waals surface area (Å²) < 4.78 is 34.2. The maximum atomic E-state index is 12.3. The Morgan fingerprint density at radius 2 is 2.27 bits per heavy atom. The van der Waals surface area contributed by atoms with Crippen LogP contribution in [0, 0.1) is 0 Å². The summed E-state index contributed by atoms with van der Waals surface area (Å²) in [5.74, 6) is -0.449. The minimum absolute atomic E-state index is 0.136. The number of benzene rings is 1. The first-order valence-electron chi connectivity index (χ1n) is 5.98. The Bertz CT molecular complexity index is 666. The van der Waals surface area contributed by atoms with E-state index in [0.717, 1.165) is 0 Å². The van der Waals surface area contributed by atoms with Gasteiger partial charge in [-0.2, -0.15) is 4.98 Å². The van der Waals surface area contributed by atoms with E-state index in [0.29, 0.717) is 16.5 Å². The Balaban J connectivity index is 1.94. The van der Waals surface area contributed by atoms with E-state index in [2.05, 4.69) is 25.3 Å². The first-order chi connectivity index (χ1) is 10.5. The molecule has 0 bridgehead atoms. The van der Waals surface area contributed by atoms with Gasteiger partial charge in [-0.1, -0.05) is 16.8 Å². The summed E-state index contributed by atoms with van der Waals surface area (Å²) in [4.78, 5) is 15.2. The summed E-state index contributed by atoms with van der Waals surface area (Å²) in [6, 6.07) is 4.08. The third kappa shape index (κ3) is 4.04. The molecule has 1 heterocycles. The molecule has 22 heavy (non-hydrogen) atoms. The van der Waals surface area contributed by atoms with Crippen molar-refractivity contribution in [3.05, 3.63) is 34.9 Å². The molecular formula is C12H11ClF2N4O3. The quantitative estimate of drug-likeness (QED) is 0.878. The molecule has 1 aromatic heterocycles. The summed E-state index contributed by atoms with van der Waals surface area (Å²) in [5.41, 5.74) is 0.353. The molecule has 1 aromatic carbocycles. The van der Waals surface area contributed by atoms with Gasteiger partial charge < -0.3 is 19.9 Å². The van der Waals surface area contributed by atoms with Crippen LogP contribution >= 0.6 is 11.6 Å². The number of hydrogen-bond acceptors (Lipinski definition) is 5. The summed E-state index contributed by atoms with van der Waals surface area (Å²) in [5, 5.41) is 8.37. The van der Waals surface area contributed by atoms with Crippen molar-refractivity contribution in [3.63, 3.8) is 0 Å². The van der Waals surface area contributed by atoms with Gasteiger partial charge in [-0.15, -0.1) is 0 Å². The highest BCUT2D eigenvalue weighted by atomic mass is 35.5. The lowest BCUT2D eigenvalue weighted by atomic mass is 10.3. The number of hydrogen-bond donors (Lipinski definition) is 2. The van der Waals surface area contributed by atoms with Crippen LogP contribution in [-0.2, 0) is 6.54 Å². The van der Waals surface area contributed by atoms with Crippen LogP contribution in [0.15, 0.2) is 22.7 Å². The maximum Gasteiger partial charge on any atom is 0.319 e. The fourth-order valence-corrected chi connectivity index (χ4v) is 1.70. The van der Waals surface area contributed by atoms with E-state index in [1.807, 2.05) is 0 Å². The zero-order valence-corrected chi connectivity index (χ0v) is 12.0. The Kier molecular flexibility index (Phi) is 5.10. The number of halogens is 3. The van der Waals surface area contributed by atoms with Crippen LogP contribution < -0.4 is 15.4 Å². The number of urea groups is 1. The van der Waals surface area contributed by atoms with Gasteiger partial charge in [-0.3, -0.25) is 0 Å². The van der Waals surface area contributed by atoms with E-state index in [1.54, 1.807) is 12.1 Å². The van der Waals surface area contributed by atoms with Gasteiger partial charge in [0, 0.05) is 5.02 Å². The number of amides is 2. The van der Waals surface area contributed by atoms with Gasteiger partial charge in [0.15, 0.2) is 0 Å². The molecule has 0 atom stereocenters. The SMILES string of the molecule is COc1ccc(Cl)cc1NC(=O)NCc1nc(C(F)F)no1. The minimum atomic E-state index is -2.83. The normalized spacial score (nSPS) is 10.6. The van der Waals surface area contributed by atoms with Crippen molar-refractivity contribution in [1.29, 1.82) is 0 Å². The van der Waals surface area contributed by atoms with Crippen molar-refractivity contribution in [3.8, 4) is 5.75 Å². The van der Waals surface area contributed by atoms with Crippen molar-refractivity contribution in [2.45, 2.75) is 13.0 Å². The monoisotopic (exact) mass is 332 g/mol. The van der Waals surface area contributed by atoms with Crippen molar-refractivity contribution in [2.75, 3.05) is 12.4 Å². The standard InChI is InChI=1S/C12H11ClF2N4O3/c1-21-8-3-2-6(13)4-7(8)17-12(20)16-5-9-18-11(10(14)15)19-22-9/h2-4,10H,5H2,1H3,(H2,16,17,20). The predicted octanol–water partition coefficient (Wildman–Crippen LogP) is 2.99. The van der Waals surface area contributed by atoms with E-state index in [1.165, 1.54) is 13.2 Å². The number of nitrogens with one attached hydrogen (secondary N) is 2. The Labute approximate surface area is 128 Å². The molecule has 2 rings (SSSR count). The predicted molar refractivity (Wildman–Crippen MR) is 73.1 cm³/mol. The summed E-state index contributed by atoms with van der Waals surface area (Å²) in [7, 11) is 1.44. The summed E-state index contributed by atoms with van der Waals surface area (Å²) in [6.45, 7) is -0.200. The van der Waals surface area contributed by atoms with Crippen molar-refractivity contribution in [1.82, 2.24) is 15.5 Å². The Hall–Kier alpha value is -2.42. The van der Waals surface area contributed by atoms with Gasteiger partial charge in [-0.25, -0.2) is 13.6 Å². The molecule has 0 radical (unpaired) electrons. The first kappa shape index (κ1) is 16.0. The molecule has 118 valence electrons. The lowest BCUT2D eigenvalue weighted by molar-refractivity contribution is 0.136. The number of aromatic nitrogens is 2. The Morgan fingerprint density at radius 1 is 1.50 bits per heavy atom. The molecule has 2 amide bonds. The first-order valence-corrected chi connectivity index (χ1v) is 6.36. The molecule has 0 unspecified atom stereocenters. The minimum Gasteiger partial charge on any atom is -0.495 e. The van der Waals surface area contributed by atoms with Crippen LogP contribution in [0.1, 0.15) is 18.1 Å². The molecule has 0 aliphatic carbocycles. The fraction of sp³-hybridized carbons (Fsp3) is 0.250. The van der Waals surface area contributed by atoms with Crippen molar-refractivity contribution < 1.29 is 22.8 Å². The molecule has 7 nitrogen and oxygen atoms in total. The number of rotatable bonds is 5. The van der Waals surface area contributed by atoms with E-state index >= 15 is 0 Å². The molecule has 0 saturated carbocycles. The summed E-state index contributed by atoms with van der Waals surface area (Å²) in [6.07, 6.45) is -2.83. The van der Waals surface area contributed by atoms with E-state index in [-0.39, 0.29) is 12.4 Å². The van der Waals surface area contributed by atoms with Crippen molar-refractivity contribution in [2.24, 2.45) is 0 Å². The number of anilines is 1. The molecule has 0 aliphatic rings. The van der Waals surface area contributed by atoms with Gasteiger partial charge in [0.05, 0.1) is 19.3 Å². The number of methoxy groups -OCH3 is 1. The lowest BCUT2D eigenvalue weighted by Gasteiger charge is -2.10. The number of ether oxygens (including phenoxy) is 1. The third-order valence-corrected chi connectivity index (χ3v) is 2.72. The second kappa shape index (κ2) is 7.03. The number of nitrogens with zero attached hydrogens (tertiary/aromatic N) is 2. The van der Waals surface area contributed by atoms with Crippen LogP contribution in [0.5, 0.6) is 5.75 Å². The number of carbonyl (C=O) groups excluding carboxylic acids is 1. The third-order valence-electron chi connectivity index (χ3n) is 2.49. The maximum absolute atomic E-state index is 12.3. The Morgan fingerprint density at radius 3 is 2.91 bits per heavy atom. The zero-order chi connectivity index (χ0) is 16.1. The molecule has 10 heteroatoms.